The van der Waals surface area contributed by atoms with E-state index in [-0.39, 0.29) is 5.91 Å². The van der Waals surface area contributed by atoms with E-state index in [1.165, 1.54) is 0 Å². The average molecular weight is 328 g/mol. The maximum Gasteiger partial charge on any atom is 0.221 e. The summed E-state index contributed by atoms with van der Waals surface area (Å²) in [5.41, 5.74) is 1.83. The van der Waals surface area contributed by atoms with Crippen molar-refractivity contribution in [2.24, 2.45) is 0 Å². The highest BCUT2D eigenvalue weighted by Gasteiger charge is 2.12. The molecule has 0 aliphatic rings. The van der Waals surface area contributed by atoms with Crippen molar-refractivity contribution >= 4 is 40.1 Å². The average Bonchev–Trinajstić information content (AvgIpc) is 2.79. The van der Waals surface area contributed by atoms with E-state index >= 15 is 0 Å². The third-order valence-electron chi connectivity index (χ3n) is 3.24. The first-order chi connectivity index (χ1) is 10.2. The standard InChI is InChI=1S/C15H19Cl2N3O/c1-2-8-18-15(21)6-9-20-13-4-3-11(17)10-12(13)19-14(20)5-7-16/h3-4,10H,2,5-9H2,1H3,(H,18,21). The highest BCUT2D eigenvalue weighted by molar-refractivity contribution is 6.31. The Bertz CT molecular complexity index is 625. The van der Waals surface area contributed by atoms with Crippen LogP contribution in [0.4, 0.5) is 0 Å². The Morgan fingerprint density at radius 1 is 1.43 bits per heavy atom. The third kappa shape index (κ3) is 4.11. The minimum atomic E-state index is 0.0597. The van der Waals surface area contributed by atoms with Crippen LogP contribution in [0, 0.1) is 0 Å². The number of nitrogens with one attached hydrogen (secondary N) is 1. The summed E-state index contributed by atoms with van der Waals surface area (Å²) in [5.74, 6) is 1.45. The Kier molecular flexibility index (Phi) is 5.88. The summed E-state index contributed by atoms with van der Waals surface area (Å²) in [6, 6.07) is 5.61. The molecule has 0 spiro atoms. The van der Waals surface area contributed by atoms with Crippen LogP contribution in [0.5, 0.6) is 0 Å². The van der Waals surface area contributed by atoms with Crippen molar-refractivity contribution < 1.29 is 4.79 Å². The maximum atomic E-state index is 11.8. The topological polar surface area (TPSA) is 46.9 Å². The zero-order valence-electron chi connectivity index (χ0n) is 12.0. The van der Waals surface area contributed by atoms with Crippen LogP contribution in [0.1, 0.15) is 25.6 Å². The van der Waals surface area contributed by atoms with E-state index in [2.05, 4.69) is 14.9 Å². The zero-order valence-corrected chi connectivity index (χ0v) is 13.5. The number of rotatable bonds is 7. The summed E-state index contributed by atoms with van der Waals surface area (Å²) in [6.07, 6.45) is 2.05. The summed E-state index contributed by atoms with van der Waals surface area (Å²) in [4.78, 5) is 16.3. The van der Waals surface area contributed by atoms with Crippen LogP contribution in [0.25, 0.3) is 11.0 Å². The van der Waals surface area contributed by atoms with Crippen LogP contribution >= 0.6 is 23.2 Å². The maximum absolute atomic E-state index is 11.8. The lowest BCUT2D eigenvalue weighted by atomic mass is 10.3. The molecule has 2 rings (SSSR count). The van der Waals surface area contributed by atoms with E-state index in [0.717, 1.165) is 23.3 Å². The summed E-state index contributed by atoms with van der Waals surface area (Å²) < 4.78 is 2.06. The molecule has 21 heavy (non-hydrogen) atoms. The minimum absolute atomic E-state index is 0.0597. The number of fused-ring (bicyclic) bond motifs is 1. The molecule has 4 nitrogen and oxygen atoms in total. The van der Waals surface area contributed by atoms with Crippen molar-refractivity contribution in [1.29, 1.82) is 0 Å². The predicted octanol–water partition coefficient (Wildman–Crippen LogP) is 3.39. The molecule has 1 N–H and O–H groups in total. The van der Waals surface area contributed by atoms with Crippen LogP contribution in [0.15, 0.2) is 18.2 Å². The van der Waals surface area contributed by atoms with Crippen molar-refractivity contribution in [1.82, 2.24) is 14.9 Å². The van der Waals surface area contributed by atoms with E-state index in [4.69, 9.17) is 23.2 Å². The number of imidazole rings is 1. The first kappa shape index (κ1) is 16.1. The molecule has 0 unspecified atom stereocenters. The molecule has 0 aliphatic carbocycles. The van der Waals surface area contributed by atoms with Gasteiger partial charge in [-0.1, -0.05) is 18.5 Å². The molecule has 1 aromatic heterocycles. The molecule has 2 aromatic rings. The molecule has 0 fully saturated rings. The van der Waals surface area contributed by atoms with E-state index < -0.39 is 0 Å². The van der Waals surface area contributed by atoms with E-state index in [0.29, 0.717) is 36.8 Å². The van der Waals surface area contributed by atoms with Gasteiger partial charge in [-0.05, 0) is 24.6 Å². The van der Waals surface area contributed by atoms with Gasteiger partial charge in [0.2, 0.25) is 5.91 Å². The fraction of sp³-hybridized carbons (Fsp3) is 0.467. The number of halogens is 2. The van der Waals surface area contributed by atoms with E-state index in [1.54, 1.807) is 0 Å². The smallest absolute Gasteiger partial charge is 0.221 e. The fourth-order valence-corrected chi connectivity index (χ4v) is 2.58. The highest BCUT2D eigenvalue weighted by atomic mass is 35.5. The number of hydrogen-bond donors (Lipinski definition) is 1. The van der Waals surface area contributed by atoms with E-state index in [1.807, 2.05) is 25.1 Å². The van der Waals surface area contributed by atoms with Gasteiger partial charge in [0.1, 0.15) is 5.82 Å². The van der Waals surface area contributed by atoms with Gasteiger partial charge < -0.3 is 9.88 Å². The molecule has 6 heteroatoms. The van der Waals surface area contributed by atoms with Gasteiger partial charge in [-0.15, -0.1) is 11.6 Å². The van der Waals surface area contributed by atoms with Gasteiger partial charge in [0.15, 0.2) is 0 Å². The molecule has 0 bridgehead atoms. The second-order valence-corrected chi connectivity index (χ2v) is 5.67. The lowest BCUT2D eigenvalue weighted by Crippen LogP contribution is -2.25. The Morgan fingerprint density at radius 2 is 2.24 bits per heavy atom. The van der Waals surface area contributed by atoms with Crippen molar-refractivity contribution in [3.8, 4) is 0 Å². The Labute approximate surface area is 134 Å². The molecular formula is C15H19Cl2N3O. The summed E-state index contributed by atoms with van der Waals surface area (Å²) >= 11 is 11.8. The van der Waals surface area contributed by atoms with Crippen LogP contribution in [0.3, 0.4) is 0 Å². The number of aromatic nitrogens is 2. The number of nitrogens with zero attached hydrogens (tertiary/aromatic N) is 2. The number of benzene rings is 1. The van der Waals surface area contributed by atoms with Crippen molar-refractivity contribution in [2.45, 2.75) is 32.7 Å². The summed E-state index contributed by atoms with van der Waals surface area (Å²) in [6.45, 7) is 3.35. The van der Waals surface area contributed by atoms with Gasteiger partial charge >= 0.3 is 0 Å². The second kappa shape index (κ2) is 7.66. The normalized spacial score (nSPS) is 11.0. The van der Waals surface area contributed by atoms with Crippen LogP contribution in [-0.2, 0) is 17.8 Å². The number of carbonyl (C=O) groups is 1. The quantitative estimate of drug-likeness (QED) is 0.792. The molecule has 0 saturated carbocycles. The van der Waals surface area contributed by atoms with Crippen LogP contribution in [-0.4, -0.2) is 27.9 Å². The number of aryl methyl sites for hydroxylation is 2. The molecule has 1 aromatic carbocycles. The number of amides is 1. The lowest BCUT2D eigenvalue weighted by molar-refractivity contribution is -0.121. The van der Waals surface area contributed by atoms with E-state index in [9.17, 15) is 4.79 Å². The Hall–Kier alpha value is -1.26. The van der Waals surface area contributed by atoms with Crippen molar-refractivity contribution in [2.75, 3.05) is 12.4 Å². The lowest BCUT2D eigenvalue weighted by Gasteiger charge is -2.09. The SMILES string of the molecule is CCCNC(=O)CCn1c(CCCl)nc2cc(Cl)ccc21. The molecule has 1 heterocycles. The largest absolute Gasteiger partial charge is 0.356 e. The first-order valence-corrected chi connectivity index (χ1v) is 8.04. The third-order valence-corrected chi connectivity index (χ3v) is 3.67. The second-order valence-electron chi connectivity index (χ2n) is 4.85. The molecule has 0 saturated heterocycles. The van der Waals surface area contributed by atoms with Gasteiger partial charge in [-0.3, -0.25) is 4.79 Å². The van der Waals surface area contributed by atoms with Gasteiger partial charge in [-0.2, -0.15) is 0 Å². The monoisotopic (exact) mass is 327 g/mol. The molecule has 1 amide bonds. The minimum Gasteiger partial charge on any atom is -0.356 e. The number of hydrogen-bond acceptors (Lipinski definition) is 2. The molecule has 114 valence electrons. The first-order valence-electron chi connectivity index (χ1n) is 7.13. The molecule has 0 radical (unpaired) electrons. The van der Waals surface area contributed by atoms with Gasteiger partial charge in [0.25, 0.3) is 0 Å². The van der Waals surface area contributed by atoms with Gasteiger partial charge in [-0.25, -0.2) is 4.98 Å². The Morgan fingerprint density at radius 3 is 2.95 bits per heavy atom. The molecule has 0 aliphatic heterocycles. The highest BCUT2D eigenvalue weighted by Crippen LogP contribution is 2.21. The zero-order chi connectivity index (χ0) is 15.2. The molecular weight excluding hydrogens is 309 g/mol. The van der Waals surface area contributed by atoms with Crippen LogP contribution < -0.4 is 5.32 Å². The number of carbonyl (C=O) groups excluding carboxylic acids is 1. The van der Waals surface area contributed by atoms with Gasteiger partial charge in [0, 0.05) is 36.8 Å². The molecule has 0 atom stereocenters. The Balaban J connectivity index is 2.20. The van der Waals surface area contributed by atoms with Crippen molar-refractivity contribution in [3.63, 3.8) is 0 Å². The predicted molar refractivity (Wildman–Crippen MR) is 87.1 cm³/mol. The fourth-order valence-electron chi connectivity index (χ4n) is 2.24. The van der Waals surface area contributed by atoms with Crippen molar-refractivity contribution in [3.05, 3.63) is 29.0 Å². The summed E-state index contributed by atoms with van der Waals surface area (Å²) in [5, 5.41) is 3.54. The van der Waals surface area contributed by atoms with Crippen LogP contribution in [0.2, 0.25) is 5.02 Å². The van der Waals surface area contributed by atoms with Gasteiger partial charge in [0.05, 0.1) is 11.0 Å². The number of alkyl halides is 1. The summed E-state index contributed by atoms with van der Waals surface area (Å²) in [7, 11) is 0.